The predicted octanol–water partition coefficient (Wildman–Crippen LogP) is 5.95. The number of imidazole rings is 1. The summed E-state index contributed by atoms with van der Waals surface area (Å²) in [6, 6.07) is 8.83. The van der Waals surface area contributed by atoms with E-state index < -0.39 is 0 Å². The van der Waals surface area contributed by atoms with Crippen LogP contribution in [0.2, 0.25) is 0 Å². The Balaban J connectivity index is 1.24. The molecular weight excluding hydrogens is 503 g/mol. The Morgan fingerprint density at radius 2 is 1.89 bits per heavy atom. The Morgan fingerprint density at radius 1 is 1.03 bits per heavy atom. The van der Waals surface area contributed by atoms with E-state index >= 15 is 0 Å². The minimum absolute atomic E-state index is 0.0520. The van der Waals surface area contributed by atoms with Gasteiger partial charge in [0.05, 0.1) is 27.7 Å². The number of rotatable bonds is 5. The van der Waals surface area contributed by atoms with Gasteiger partial charge in [0.1, 0.15) is 16.9 Å². The number of nitrogens with zero attached hydrogens (tertiary/aromatic N) is 5. The maximum atomic E-state index is 13.7. The number of carbonyl (C=O) groups is 1. The maximum absolute atomic E-state index is 13.7. The van der Waals surface area contributed by atoms with Crippen LogP contribution in [0.1, 0.15) is 25.7 Å². The molecule has 7 rings (SSSR count). The molecule has 9 nitrogen and oxygen atoms in total. The Labute approximate surface area is 219 Å². The Hall–Kier alpha value is -4.51. The normalized spacial score (nSPS) is 14.0. The zero-order valence-electron chi connectivity index (χ0n) is 20.0. The van der Waals surface area contributed by atoms with Crippen molar-refractivity contribution in [3.05, 3.63) is 60.3 Å². The molecule has 6 aromatic heterocycles. The lowest BCUT2D eigenvalue weighted by molar-refractivity contribution is -0.119. The van der Waals surface area contributed by atoms with Gasteiger partial charge in [-0.05, 0) is 43.2 Å². The number of thiophene rings is 1. The van der Waals surface area contributed by atoms with Crippen LogP contribution in [0.4, 0.5) is 10.1 Å². The van der Waals surface area contributed by atoms with Gasteiger partial charge in [-0.2, -0.15) is 9.49 Å². The topological polar surface area (TPSA) is 125 Å². The second-order valence-electron chi connectivity index (χ2n) is 9.37. The summed E-state index contributed by atoms with van der Waals surface area (Å²) in [6.07, 6.45) is 10.9. The first-order valence-corrected chi connectivity index (χ1v) is 13.2. The highest BCUT2D eigenvalue weighted by molar-refractivity contribution is 7.13. The monoisotopic (exact) mass is 524 g/mol. The average molecular weight is 525 g/mol. The molecule has 0 unspecified atom stereocenters. The molecule has 0 aromatic carbocycles. The molecule has 188 valence electrons. The van der Waals surface area contributed by atoms with Gasteiger partial charge in [0.25, 0.3) is 0 Å². The smallest absolute Gasteiger partial charge is 0.227 e. The number of H-pyrrole nitrogens is 2. The summed E-state index contributed by atoms with van der Waals surface area (Å²) in [5.41, 5.74) is 5.56. The first-order valence-electron chi connectivity index (χ1n) is 12.3. The fraction of sp³-hybridized carbons (Fsp3) is 0.185. The molecule has 38 heavy (non-hydrogen) atoms. The maximum Gasteiger partial charge on any atom is 0.227 e. The quantitative estimate of drug-likeness (QED) is 0.256. The molecule has 1 amide bonds. The van der Waals surface area contributed by atoms with Crippen molar-refractivity contribution in [1.29, 1.82) is 0 Å². The van der Waals surface area contributed by atoms with E-state index in [-0.39, 0.29) is 17.0 Å². The van der Waals surface area contributed by atoms with Crippen LogP contribution in [0.25, 0.3) is 55.3 Å². The minimum Gasteiger partial charge on any atom is -0.336 e. The van der Waals surface area contributed by atoms with Gasteiger partial charge >= 0.3 is 0 Å². The van der Waals surface area contributed by atoms with Crippen LogP contribution in [-0.2, 0) is 4.79 Å². The summed E-state index contributed by atoms with van der Waals surface area (Å²) < 4.78 is 13.7. The van der Waals surface area contributed by atoms with Gasteiger partial charge in [0.2, 0.25) is 5.91 Å². The molecule has 11 heteroatoms. The molecule has 3 N–H and O–H groups in total. The van der Waals surface area contributed by atoms with Crippen LogP contribution in [-0.4, -0.2) is 41.0 Å². The van der Waals surface area contributed by atoms with Crippen molar-refractivity contribution in [3.63, 3.8) is 0 Å². The number of halogens is 1. The zero-order valence-corrected chi connectivity index (χ0v) is 20.8. The van der Waals surface area contributed by atoms with E-state index in [1.165, 1.54) is 6.07 Å². The van der Waals surface area contributed by atoms with Crippen molar-refractivity contribution in [1.82, 2.24) is 35.1 Å². The number of carbonyl (C=O) groups excluding carboxylic acids is 1. The van der Waals surface area contributed by atoms with Crippen LogP contribution < -0.4 is 5.32 Å². The first-order chi connectivity index (χ1) is 18.6. The van der Waals surface area contributed by atoms with E-state index in [9.17, 15) is 9.18 Å². The molecule has 1 aliphatic carbocycles. The van der Waals surface area contributed by atoms with Gasteiger partial charge in [-0.1, -0.05) is 12.8 Å². The van der Waals surface area contributed by atoms with Gasteiger partial charge in [0, 0.05) is 35.6 Å². The summed E-state index contributed by atoms with van der Waals surface area (Å²) in [4.78, 5) is 34.7. The van der Waals surface area contributed by atoms with Crippen molar-refractivity contribution in [2.75, 3.05) is 5.32 Å². The van der Waals surface area contributed by atoms with E-state index in [4.69, 9.17) is 4.98 Å². The van der Waals surface area contributed by atoms with E-state index in [0.717, 1.165) is 59.0 Å². The van der Waals surface area contributed by atoms with E-state index in [1.807, 2.05) is 18.2 Å². The molecule has 0 spiro atoms. The van der Waals surface area contributed by atoms with Crippen LogP contribution >= 0.6 is 11.3 Å². The van der Waals surface area contributed by atoms with Crippen LogP contribution in [0.3, 0.4) is 0 Å². The van der Waals surface area contributed by atoms with Gasteiger partial charge in [-0.25, -0.2) is 9.97 Å². The van der Waals surface area contributed by atoms with Crippen molar-refractivity contribution in [2.45, 2.75) is 25.7 Å². The largest absolute Gasteiger partial charge is 0.336 e. The van der Waals surface area contributed by atoms with Crippen LogP contribution in [0, 0.1) is 11.0 Å². The lowest BCUT2D eigenvalue weighted by atomic mass is 10.1. The molecule has 0 aliphatic heterocycles. The lowest BCUT2D eigenvalue weighted by Gasteiger charge is -2.11. The first kappa shape index (κ1) is 22.7. The highest BCUT2D eigenvalue weighted by Crippen LogP contribution is 2.34. The molecule has 1 fully saturated rings. The number of aromatic amines is 2. The third-order valence-corrected chi connectivity index (χ3v) is 7.79. The summed E-state index contributed by atoms with van der Waals surface area (Å²) >= 11 is 1.03. The molecule has 0 saturated heterocycles. The molecule has 0 radical (unpaired) electrons. The average Bonchev–Trinajstić information content (AvgIpc) is 3.74. The SMILES string of the molecule is O=C(Nc1cncc(-c2cnc3[nH]nc(-c4nc5c(-c6ccc(F)s6)nccc5[nH]4)c3c2)c1)C1CCCC1. The number of amides is 1. The van der Waals surface area contributed by atoms with Gasteiger partial charge < -0.3 is 10.3 Å². The number of hydrogen-bond acceptors (Lipinski definition) is 7. The number of hydrogen-bond donors (Lipinski definition) is 3. The van der Waals surface area contributed by atoms with Gasteiger partial charge in [-0.15, -0.1) is 11.3 Å². The van der Waals surface area contributed by atoms with Crippen molar-refractivity contribution < 1.29 is 9.18 Å². The number of fused-ring (bicyclic) bond motifs is 2. The fourth-order valence-electron chi connectivity index (χ4n) is 5.01. The van der Waals surface area contributed by atoms with Crippen LogP contribution in [0.5, 0.6) is 0 Å². The molecule has 1 saturated carbocycles. The molecule has 6 heterocycles. The highest BCUT2D eigenvalue weighted by atomic mass is 32.1. The van der Waals surface area contributed by atoms with Crippen molar-refractivity contribution in [2.24, 2.45) is 5.92 Å². The van der Waals surface area contributed by atoms with E-state index in [1.54, 1.807) is 30.9 Å². The second kappa shape index (κ2) is 9.10. The number of pyridine rings is 3. The summed E-state index contributed by atoms with van der Waals surface area (Å²) in [5, 5.41) is 11.0. The Kier molecular flexibility index (Phi) is 5.43. The molecule has 0 bridgehead atoms. The molecule has 0 atom stereocenters. The number of anilines is 1. The third-order valence-electron chi connectivity index (χ3n) is 6.91. The number of aromatic nitrogens is 7. The second-order valence-corrected chi connectivity index (χ2v) is 10.4. The van der Waals surface area contributed by atoms with Crippen LogP contribution in [0.15, 0.2) is 55.1 Å². The van der Waals surface area contributed by atoms with Crippen molar-refractivity contribution in [3.8, 4) is 33.2 Å². The Bertz CT molecular complexity index is 1820. The van der Waals surface area contributed by atoms with Gasteiger partial charge in [-0.3, -0.25) is 19.9 Å². The van der Waals surface area contributed by atoms with Crippen molar-refractivity contribution >= 4 is 45.0 Å². The summed E-state index contributed by atoms with van der Waals surface area (Å²) in [5.74, 6) is 0.673. The zero-order chi connectivity index (χ0) is 25.6. The summed E-state index contributed by atoms with van der Waals surface area (Å²) in [6.45, 7) is 0. The highest BCUT2D eigenvalue weighted by Gasteiger charge is 2.23. The molecule has 1 aliphatic rings. The van der Waals surface area contributed by atoms with E-state index in [0.29, 0.717) is 38.9 Å². The minimum atomic E-state index is -0.275. The third kappa shape index (κ3) is 4.01. The molecular formula is C27H21FN8OS. The van der Waals surface area contributed by atoms with Gasteiger partial charge in [0.15, 0.2) is 16.6 Å². The fourth-order valence-corrected chi connectivity index (χ4v) is 5.74. The lowest BCUT2D eigenvalue weighted by Crippen LogP contribution is -2.20. The predicted molar refractivity (Wildman–Crippen MR) is 144 cm³/mol. The Morgan fingerprint density at radius 3 is 2.74 bits per heavy atom. The molecule has 6 aromatic rings. The van der Waals surface area contributed by atoms with E-state index in [2.05, 4.69) is 35.5 Å². The summed E-state index contributed by atoms with van der Waals surface area (Å²) in [7, 11) is 0. The number of nitrogens with one attached hydrogen (secondary N) is 3. The standard InChI is InChI=1S/C27H21FN8OS/c28-21-6-5-20(38-21)24-23-19(7-8-30-24)33-26(34-23)22-18-10-16(12-31-25(18)36-35-22)15-9-17(13-29-11-15)32-27(37)14-3-1-2-4-14/h5-14H,1-4H2,(H,32,37)(H,33,34)(H,31,35,36).